The van der Waals surface area contributed by atoms with E-state index in [1.54, 1.807) is 0 Å². The quantitative estimate of drug-likeness (QED) is 0.600. The van der Waals surface area contributed by atoms with Crippen molar-refractivity contribution in [3.05, 3.63) is 65.5 Å². The molecule has 134 valence electrons. The van der Waals surface area contributed by atoms with Crippen molar-refractivity contribution in [2.75, 3.05) is 19.6 Å². The van der Waals surface area contributed by atoms with Crippen LogP contribution in [0.3, 0.4) is 0 Å². The first kappa shape index (κ1) is 19.0. The molecule has 0 saturated carbocycles. The summed E-state index contributed by atoms with van der Waals surface area (Å²) in [7, 11) is 0. The molecule has 1 heterocycles. The molecular formula is C21H30N4. The Hall–Kier alpha value is -2.36. The van der Waals surface area contributed by atoms with Crippen LogP contribution < -0.4 is 10.6 Å². The van der Waals surface area contributed by atoms with Crippen molar-refractivity contribution in [2.24, 2.45) is 4.99 Å². The van der Waals surface area contributed by atoms with Gasteiger partial charge in [0.1, 0.15) is 0 Å². The molecule has 0 spiro atoms. The molecule has 0 aliphatic carbocycles. The summed E-state index contributed by atoms with van der Waals surface area (Å²) in [5, 5.41) is 6.74. The maximum atomic E-state index is 4.79. The van der Waals surface area contributed by atoms with Crippen molar-refractivity contribution in [3.8, 4) is 0 Å². The SMILES string of the molecule is CCNC(=NCC(C)(C)c1ccccc1)NCCc1ccc(C)nc1. The van der Waals surface area contributed by atoms with Crippen LogP contribution in [0.5, 0.6) is 0 Å². The van der Waals surface area contributed by atoms with Gasteiger partial charge in [0, 0.05) is 30.4 Å². The molecule has 0 amide bonds. The Labute approximate surface area is 151 Å². The number of hydrogen-bond donors (Lipinski definition) is 2. The zero-order valence-electron chi connectivity index (χ0n) is 15.8. The van der Waals surface area contributed by atoms with E-state index in [-0.39, 0.29) is 5.41 Å². The molecule has 0 radical (unpaired) electrons. The molecule has 0 bridgehead atoms. The Bertz CT molecular complexity index is 660. The third kappa shape index (κ3) is 6.22. The summed E-state index contributed by atoms with van der Waals surface area (Å²) in [6.07, 6.45) is 2.87. The van der Waals surface area contributed by atoms with Gasteiger partial charge in [-0.3, -0.25) is 9.98 Å². The minimum Gasteiger partial charge on any atom is -0.357 e. The molecule has 0 atom stereocenters. The van der Waals surface area contributed by atoms with E-state index in [9.17, 15) is 0 Å². The van der Waals surface area contributed by atoms with Crippen LogP contribution in [0.1, 0.15) is 37.6 Å². The van der Waals surface area contributed by atoms with Crippen molar-refractivity contribution < 1.29 is 0 Å². The standard InChI is InChI=1S/C21H30N4/c1-5-22-20(23-14-13-18-12-11-17(2)24-15-18)25-16-21(3,4)19-9-7-6-8-10-19/h6-12,15H,5,13-14,16H2,1-4H3,(H2,22,23,25). The molecule has 0 unspecified atom stereocenters. The lowest BCUT2D eigenvalue weighted by Gasteiger charge is -2.24. The Morgan fingerprint density at radius 1 is 1.08 bits per heavy atom. The number of aryl methyl sites for hydroxylation is 1. The van der Waals surface area contributed by atoms with Gasteiger partial charge in [-0.15, -0.1) is 0 Å². The third-order valence-electron chi connectivity index (χ3n) is 4.21. The van der Waals surface area contributed by atoms with Gasteiger partial charge in [0.05, 0.1) is 6.54 Å². The molecule has 4 nitrogen and oxygen atoms in total. The summed E-state index contributed by atoms with van der Waals surface area (Å²) in [4.78, 5) is 9.13. The molecule has 0 saturated heterocycles. The highest BCUT2D eigenvalue weighted by atomic mass is 15.2. The number of aliphatic imine (C=N–C) groups is 1. The van der Waals surface area contributed by atoms with Crippen molar-refractivity contribution >= 4 is 5.96 Å². The number of nitrogens with one attached hydrogen (secondary N) is 2. The fraction of sp³-hybridized carbons (Fsp3) is 0.429. The molecule has 0 aliphatic rings. The second kappa shape index (κ2) is 9.21. The van der Waals surface area contributed by atoms with E-state index < -0.39 is 0 Å². The molecule has 4 heteroatoms. The summed E-state index contributed by atoms with van der Waals surface area (Å²) in [6.45, 7) is 11.0. The average molecular weight is 338 g/mol. The monoisotopic (exact) mass is 338 g/mol. The van der Waals surface area contributed by atoms with Crippen LogP contribution in [0.15, 0.2) is 53.7 Å². The molecule has 25 heavy (non-hydrogen) atoms. The van der Waals surface area contributed by atoms with Crippen LogP contribution in [0, 0.1) is 6.92 Å². The zero-order chi connectivity index (χ0) is 18.1. The normalized spacial score (nSPS) is 12.1. The summed E-state index contributed by atoms with van der Waals surface area (Å²) in [6, 6.07) is 14.7. The minimum atomic E-state index is 0.00445. The van der Waals surface area contributed by atoms with Gasteiger partial charge in [-0.05, 0) is 37.5 Å². The number of rotatable bonds is 7. The van der Waals surface area contributed by atoms with E-state index in [2.05, 4.69) is 78.9 Å². The van der Waals surface area contributed by atoms with Gasteiger partial charge in [-0.1, -0.05) is 50.2 Å². The lowest BCUT2D eigenvalue weighted by atomic mass is 9.85. The van der Waals surface area contributed by atoms with E-state index in [4.69, 9.17) is 4.99 Å². The molecule has 0 aliphatic heterocycles. The fourth-order valence-corrected chi connectivity index (χ4v) is 2.57. The fourth-order valence-electron chi connectivity index (χ4n) is 2.57. The molecule has 1 aromatic carbocycles. The number of hydrogen-bond acceptors (Lipinski definition) is 2. The summed E-state index contributed by atoms with van der Waals surface area (Å²) < 4.78 is 0. The number of pyridine rings is 1. The highest BCUT2D eigenvalue weighted by molar-refractivity contribution is 5.79. The largest absolute Gasteiger partial charge is 0.357 e. The van der Waals surface area contributed by atoms with Gasteiger partial charge in [-0.2, -0.15) is 0 Å². The molecule has 2 N–H and O–H groups in total. The van der Waals surface area contributed by atoms with Crippen molar-refractivity contribution in [1.29, 1.82) is 0 Å². The highest BCUT2D eigenvalue weighted by Crippen LogP contribution is 2.22. The van der Waals surface area contributed by atoms with Crippen LogP contribution in [0.25, 0.3) is 0 Å². The Balaban J connectivity index is 1.92. The number of nitrogens with zero attached hydrogens (tertiary/aromatic N) is 2. The topological polar surface area (TPSA) is 49.3 Å². The van der Waals surface area contributed by atoms with Gasteiger partial charge in [-0.25, -0.2) is 0 Å². The van der Waals surface area contributed by atoms with Crippen LogP contribution in [-0.4, -0.2) is 30.6 Å². The van der Waals surface area contributed by atoms with Crippen LogP contribution in [-0.2, 0) is 11.8 Å². The van der Waals surface area contributed by atoms with Crippen molar-refractivity contribution in [3.63, 3.8) is 0 Å². The van der Waals surface area contributed by atoms with Crippen LogP contribution in [0.4, 0.5) is 0 Å². The van der Waals surface area contributed by atoms with E-state index >= 15 is 0 Å². The average Bonchev–Trinajstić information content (AvgIpc) is 2.62. The van der Waals surface area contributed by atoms with Gasteiger partial charge < -0.3 is 10.6 Å². The smallest absolute Gasteiger partial charge is 0.191 e. The first-order valence-corrected chi connectivity index (χ1v) is 9.00. The molecule has 0 fully saturated rings. The first-order chi connectivity index (χ1) is 12.0. The Morgan fingerprint density at radius 3 is 2.48 bits per heavy atom. The lowest BCUT2D eigenvalue weighted by Crippen LogP contribution is -2.39. The maximum absolute atomic E-state index is 4.79. The second-order valence-corrected chi connectivity index (χ2v) is 6.93. The van der Waals surface area contributed by atoms with E-state index in [0.717, 1.165) is 37.7 Å². The van der Waals surface area contributed by atoms with E-state index in [1.807, 2.05) is 13.1 Å². The number of benzene rings is 1. The predicted octanol–water partition coefficient (Wildman–Crippen LogP) is 3.47. The summed E-state index contributed by atoms with van der Waals surface area (Å²) in [5.74, 6) is 0.867. The Kier molecular flexibility index (Phi) is 6.99. The lowest BCUT2D eigenvalue weighted by molar-refractivity contribution is 0.537. The highest BCUT2D eigenvalue weighted by Gasteiger charge is 2.19. The second-order valence-electron chi connectivity index (χ2n) is 6.93. The van der Waals surface area contributed by atoms with E-state index in [1.165, 1.54) is 11.1 Å². The van der Waals surface area contributed by atoms with Gasteiger partial charge in [0.15, 0.2) is 5.96 Å². The van der Waals surface area contributed by atoms with Crippen molar-refractivity contribution in [1.82, 2.24) is 15.6 Å². The first-order valence-electron chi connectivity index (χ1n) is 9.00. The number of guanidine groups is 1. The van der Waals surface area contributed by atoms with E-state index in [0.29, 0.717) is 0 Å². The molecule has 2 rings (SSSR count). The summed E-state index contributed by atoms with van der Waals surface area (Å²) in [5.41, 5.74) is 3.60. The van der Waals surface area contributed by atoms with Gasteiger partial charge >= 0.3 is 0 Å². The minimum absolute atomic E-state index is 0.00445. The van der Waals surface area contributed by atoms with Gasteiger partial charge in [0.25, 0.3) is 0 Å². The number of aromatic nitrogens is 1. The predicted molar refractivity (Wildman–Crippen MR) is 106 cm³/mol. The zero-order valence-corrected chi connectivity index (χ0v) is 15.8. The third-order valence-corrected chi connectivity index (χ3v) is 4.21. The molecule has 2 aromatic rings. The molecule has 1 aromatic heterocycles. The molecular weight excluding hydrogens is 308 g/mol. The maximum Gasteiger partial charge on any atom is 0.191 e. The van der Waals surface area contributed by atoms with Gasteiger partial charge in [0.2, 0.25) is 0 Å². The van der Waals surface area contributed by atoms with Crippen LogP contribution >= 0.6 is 0 Å². The van der Waals surface area contributed by atoms with Crippen LogP contribution in [0.2, 0.25) is 0 Å². The van der Waals surface area contributed by atoms with Crippen molar-refractivity contribution in [2.45, 2.75) is 39.5 Å². The summed E-state index contributed by atoms with van der Waals surface area (Å²) >= 11 is 0. The Morgan fingerprint density at radius 2 is 1.84 bits per heavy atom.